The molecule has 2 heteroatoms. The average molecular weight is 335 g/mol. The highest BCUT2D eigenvalue weighted by molar-refractivity contribution is 6.15. The van der Waals surface area contributed by atoms with Crippen molar-refractivity contribution in [1.82, 2.24) is 0 Å². The van der Waals surface area contributed by atoms with Gasteiger partial charge in [-0.3, -0.25) is 0 Å². The number of benzene rings is 4. The molecule has 0 aliphatic carbocycles. The monoisotopic (exact) mass is 335 g/mol. The van der Waals surface area contributed by atoms with E-state index in [2.05, 4.69) is 54.6 Å². The Morgan fingerprint density at radius 1 is 0.538 bits per heavy atom. The van der Waals surface area contributed by atoms with Gasteiger partial charge in [-0.15, -0.1) is 0 Å². The van der Waals surface area contributed by atoms with Gasteiger partial charge in [-0.2, -0.15) is 0 Å². The minimum atomic E-state index is 0.761. The lowest BCUT2D eigenvalue weighted by Crippen LogP contribution is -1.91. The van der Waals surface area contributed by atoms with Gasteiger partial charge in [0.1, 0.15) is 11.2 Å². The average Bonchev–Trinajstić information content (AvgIpc) is 3.08. The van der Waals surface area contributed by atoms with E-state index in [4.69, 9.17) is 10.2 Å². The van der Waals surface area contributed by atoms with Crippen LogP contribution < -0.4 is 5.73 Å². The summed E-state index contributed by atoms with van der Waals surface area (Å²) < 4.78 is 6.01. The fourth-order valence-electron chi connectivity index (χ4n) is 3.60. The maximum absolute atomic E-state index is 6.38. The minimum Gasteiger partial charge on any atom is -0.456 e. The van der Waals surface area contributed by atoms with Crippen LogP contribution in [0.25, 0.3) is 44.2 Å². The Bertz CT molecular complexity index is 1220. The van der Waals surface area contributed by atoms with Crippen molar-refractivity contribution >= 4 is 27.6 Å². The van der Waals surface area contributed by atoms with Gasteiger partial charge in [0.15, 0.2) is 0 Å². The summed E-state index contributed by atoms with van der Waals surface area (Å²) in [6, 6.07) is 30.9. The van der Waals surface area contributed by atoms with E-state index >= 15 is 0 Å². The molecule has 5 rings (SSSR count). The molecule has 0 aliphatic rings. The van der Waals surface area contributed by atoms with Crippen molar-refractivity contribution in [1.29, 1.82) is 0 Å². The lowest BCUT2D eigenvalue weighted by atomic mass is 9.95. The molecule has 4 aromatic carbocycles. The van der Waals surface area contributed by atoms with E-state index in [1.165, 1.54) is 11.1 Å². The summed E-state index contributed by atoms with van der Waals surface area (Å²) in [7, 11) is 0. The molecule has 2 N–H and O–H groups in total. The molecule has 0 unspecified atom stereocenters. The van der Waals surface area contributed by atoms with Crippen LogP contribution >= 0.6 is 0 Å². The first-order chi connectivity index (χ1) is 12.8. The summed E-state index contributed by atoms with van der Waals surface area (Å²) in [5, 5.41) is 2.17. The quantitative estimate of drug-likeness (QED) is 0.374. The van der Waals surface area contributed by atoms with Gasteiger partial charge in [-0.05, 0) is 34.9 Å². The molecule has 124 valence electrons. The lowest BCUT2D eigenvalue weighted by Gasteiger charge is -2.09. The number of fused-ring (bicyclic) bond motifs is 3. The summed E-state index contributed by atoms with van der Waals surface area (Å²) in [4.78, 5) is 0. The molecule has 5 aromatic rings. The summed E-state index contributed by atoms with van der Waals surface area (Å²) >= 11 is 0. The Morgan fingerprint density at radius 3 is 2.00 bits per heavy atom. The van der Waals surface area contributed by atoms with Crippen LogP contribution in [0.15, 0.2) is 95.4 Å². The Labute approximate surface area is 151 Å². The van der Waals surface area contributed by atoms with Crippen LogP contribution in [-0.2, 0) is 0 Å². The largest absolute Gasteiger partial charge is 0.456 e. The van der Waals surface area contributed by atoms with Gasteiger partial charge < -0.3 is 10.2 Å². The first-order valence-corrected chi connectivity index (χ1v) is 8.67. The maximum atomic E-state index is 6.38. The fraction of sp³-hybridized carbons (Fsp3) is 0. The fourth-order valence-corrected chi connectivity index (χ4v) is 3.60. The summed E-state index contributed by atoms with van der Waals surface area (Å²) in [6.07, 6.45) is 0. The molecule has 0 spiro atoms. The van der Waals surface area contributed by atoms with Crippen LogP contribution in [0.2, 0.25) is 0 Å². The molecule has 0 saturated carbocycles. The molecule has 1 heterocycles. The van der Waals surface area contributed by atoms with Crippen LogP contribution in [-0.4, -0.2) is 0 Å². The van der Waals surface area contributed by atoms with Crippen LogP contribution in [0.1, 0.15) is 0 Å². The van der Waals surface area contributed by atoms with E-state index in [9.17, 15) is 0 Å². The number of nitrogens with two attached hydrogens (primary N) is 1. The second kappa shape index (κ2) is 5.78. The predicted octanol–water partition coefficient (Wildman–Crippen LogP) is 6.50. The number of furan rings is 1. The van der Waals surface area contributed by atoms with Crippen LogP contribution in [0.3, 0.4) is 0 Å². The second-order valence-corrected chi connectivity index (χ2v) is 6.44. The van der Waals surface area contributed by atoms with Gasteiger partial charge in [0.2, 0.25) is 0 Å². The molecule has 1 aromatic heterocycles. The predicted molar refractivity (Wildman–Crippen MR) is 109 cm³/mol. The third-order valence-corrected chi connectivity index (χ3v) is 4.86. The molecule has 0 bridgehead atoms. The third-order valence-electron chi connectivity index (χ3n) is 4.86. The Balaban J connectivity index is 1.73. The van der Waals surface area contributed by atoms with Crippen LogP contribution in [0.4, 0.5) is 5.69 Å². The van der Waals surface area contributed by atoms with Crippen molar-refractivity contribution in [3.63, 3.8) is 0 Å². The van der Waals surface area contributed by atoms with E-state index < -0.39 is 0 Å². The number of hydrogen-bond acceptors (Lipinski definition) is 2. The number of nitrogen functional groups attached to an aromatic ring is 1. The number of para-hydroxylation sites is 1. The van der Waals surface area contributed by atoms with Crippen molar-refractivity contribution in [3.05, 3.63) is 91.0 Å². The highest BCUT2D eigenvalue weighted by Gasteiger charge is 2.15. The number of hydrogen-bond donors (Lipinski definition) is 1. The van der Waals surface area contributed by atoms with Crippen molar-refractivity contribution in [3.8, 4) is 22.3 Å². The van der Waals surface area contributed by atoms with Gasteiger partial charge in [0.05, 0.1) is 0 Å². The Morgan fingerprint density at radius 2 is 1.19 bits per heavy atom. The highest BCUT2D eigenvalue weighted by atomic mass is 16.3. The van der Waals surface area contributed by atoms with E-state index in [0.29, 0.717) is 0 Å². The van der Waals surface area contributed by atoms with Gasteiger partial charge in [-0.1, -0.05) is 72.8 Å². The molecule has 0 saturated heterocycles. The van der Waals surface area contributed by atoms with E-state index in [-0.39, 0.29) is 0 Å². The SMILES string of the molecule is Nc1ccc2oc3ccccc3c2c1-c1ccc(-c2ccccc2)cc1. The first kappa shape index (κ1) is 14.8. The molecule has 0 aliphatic heterocycles. The molecule has 0 atom stereocenters. The second-order valence-electron chi connectivity index (χ2n) is 6.44. The van der Waals surface area contributed by atoms with Crippen LogP contribution in [0, 0.1) is 0 Å². The van der Waals surface area contributed by atoms with Crippen molar-refractivity contribution in [2.24, 2.45) is 0 Å². The first-order valence-electron chi connectivity index (χ1n) is 8.67. The maximum Gasteiger partial charge on any atom is 0.136 e. The summed E-state index contributed by atoms with van der Waals surface area (Å²) in [5.41, 5.74) is 13.4. The number of rotatable bonds is 2. The zero-order valence-electron chi connectivity index (χ0n) is 14.1. The zero-order chi connectivity index (χ0) is 17.5. The molecular formula is C24H17NO. The Hall–Kier alpha value is -3.52. The molecule has 26 heavy (non-hydrogen) atoms. The molecule has 0 fully saturated rings. The van der Waals surface area contributed by atoms with Crippen molar-refractivity contribution in [2.45, 2.75) is 0 Å². The topological polar surface area (TPSA) is 39.2 Å². The molecule has 0 radical (unpaired) electrons. The molecule has 0 amide bonds. The smallest absolute Gasteiger partial charge is 0.136 e. The molecule has 2 nitrogen and oxygen atoms in total. The number of anilines is 1. The van der Waals surface area contributed by atoms with E-state index in [1.807, 2.05) is 36.4 Å². The normalized spacial score (nSPS) is 11.2. The van der Waals surface area contributed by atoms with Gasteiger partial charge in [0.25, 0.3) is 0 Å². The zero-order valence-corrected chi connectivity index (χ0v) is 14.1. The summed E-state index contributed by atoms with van der Waals surface area (Å²) in [6.45, 7) is 0. The van der Waals surface area contributed by atoms with E-state index in [0.717, 1.165) is 38.8 Å². The summed E-state index contributed by atoms with van der Waals surface area (Å²) in [5.74, 6) is 0. The minimum absolute atomic E-state index is 0.761. The Kier molecular flexibility index (Phi) is 3.29. The van der Waals surface area contributed by atoms with Gasteiger partial charge >= 0.3 is 0 Å². The lowest BCUT2D eigenvalue weighted by molar-refractivity contribution is 0.669. The third kappa shape index (κ3) is 2.27. The van der Waals surface area contributed by atoms with Gasteiger partial charge in [0, 0.05) is 22.0 Å². The van der Waals surface area contributed by atoms with Gasteiger partial charge in [-0.25, -0.2) is 0 Å². The van der Waals surface area contributed by atoms with Crippen LogP contribution in [0.5, 0.6) is 0 Å². The van der Waals surface area contributed by atoms with Crippen molar-refractivity contribution < 1.29 is 4.42 Å². The van der Waals surface area contributed by atoms with E-state index in [1.54, 1.807) is 0 Å². The van der Waals surface area contributed by atoms with Crippen molar-refractivity contribution in [2.75, 3.05) is 5.73 Å². The molecular weight excluding hydrogens is 318 g/mol. The standard InChI is InChI=1S/C24H17NO/c25-20-14-15-22-24(19-8-4-5-9-21(19)26-22)23(20)18-12-10-17(11-13-18)16-6-2-1-3-7-16/h1-15H,25H2. The highest BCUT2D eigenvalue weighted by Crippen LogP contribution is 2.40.